The molecule has 2 fully saturated rings. The molecule has 23 heavy (non-hydrogen) atoms. The minimum Gasteiger partial charge on any atom is -0.371 e. The Morgan fingerprint density at radius 3 is 2.22 bits per heavy atom. The highest BCUT2D eigenvalue weighted by atomic mass is 15.2. The van der Waals surface area contributed by atoms with E-state index in [9.17, 15) is 0 Å². The summed E-state index contributed by atoms with van der Waals surface area (Å²) in [7, 11) is 0. The third-order valence-electron chi connectivity index (χ3n) is 5.27. The van der Waals surface area contributed by atoms with Crippen molar-refractivity contribution in [3.8, 4) is 11.1 Å². The number of piperidine rings is 1. The lowest BCUT2D eigenvalue weighted by Gasteiger charge is -2.35. The zero-order valence-electron chi connectivity index (χ0n) is 14.0. The molecule has 0 amide bonds. The average Bonchev–Trinajstić information content (AvgIpc) is 3.41. The number of nitrogens with zero attached hydrogens (tertiary/aromatic N) is 1. The number of hydrogen-bond acceptors (Lipinski definition) is 2. The largest absolute Gasteiger partial charge is 0.371 e. The van der Waals surface area contributed by atoms with E-state index in [0.29, 0.717) is 0 Å². The van der Waals surface area contributed by atoms with E-state index in [1.165, 1.54) is 61.2 Å². The van der Waals surface area contributed by atoms with Crippen molar-refractivity contribution in [2.24, 2.45) is 0 Å². The van der Waals surface area contributed by atoms with Gasteiger partial charge in [0.1, 0.15) is 0 Å². The van der Waals surface area contributed by atoms with Crippen LogP contribution < -0.4 is 10.2 Å². The standard InChI is InChI=1S/C21H26N2/c1-16-20(17-6-3-2-4-7-17)8-5-9-21(16)23-14-12-19(13-15-23)22-18-10-11-18/h2-9,18-19,22H,10-15H2,1H3. The monoisotopic (exact) mass is 306 g/mol. The van der Waals surface area contributed by atoms with Gasteiger partial charge in [0.2, 0.25) is 0 Å². The molecule has 1 saturated heterocycles. The van der Waals surface area contributed by atoms with Crippen LogP contribution in [-0.4, -0.2) is 25.2 Å². The second-order valence-electron chi connectivity index (χ2n) is 7.02. The average molecular weight is 306 g/mol. The van der Waals surface area contributed by atoms with E-state index in [1.54, 1.807) is 0 Å². The van der Waals surface area contributed by atoms with Crippen molar-refractivity contribution in [1.82, 2.24) is 5.32 Å². The van der Waals surface area contributed by atoms with Gasteiger partial charge in [-0.2, -0.15) is 0 Å². The molecule has 120 valence electrons. The molecule has 0 atom stereocenters. The molecule has 0 radical (unpaired) electrons. The molecule has 2 nitrogen and oxygen atoms in total. The molecule has 1 saturated carbocycles. The van der Waals surface area contributed by atoms with E-state index in [0.717, 1.165) is 12.1 Å². The van der Waals surface area contributed by atoms with Gasteiger partial charge in [0.25, 0.3) is 0 Å². The predicted octanol–water partition coefficient (Wildman–Crippen LogP) is 4.38. The molecule has 1 N–H and O–H groups in total. The van der Waals surface area contributed by atoms with Gasteiger partial charge in [-0.15, -0.1) is 0 Å². The van der Waals surface area contributed by atoms with E-state index >= 15 is 0 Å². The normalized spacial score (nSPS) is 19.1. The van der Waals surface area contributed by atoms with Gasteiger partial charge in [0.05, 0.1) is 0 Å². The lowest BCUT2D eigenvalue weighted by atomic mass is 9.97. The molecule has 1 aliphatic carbocycles. The topological polar surface area (TPSA) is 15.3 Å². The van der Waals surface area contributed by atoms with Crippen LogP contribution in [0.25, 0.3) is 11.1 Å². The van der Waals surface area contributed by atoms with E-state index in [4.69, 9.17) is 0 Å². The summed E-state index contributed by atoms with van der Waals surface area (Å²) in [5, 5.41) is 3.79. The highest BCUT2D eigenvalue weighted by molar-refractivity contribution is 5.74. The first-order valence-electron chi connectivity index (χ1n) is 8.97. The first-order valence-corrected chi connectivity index (χ1v) is 8.97. The number of nitrogens with one attached hydrogen (secondary N) is 1. The third-order valence-corrected chi connectivity index (χ3v) is 5.27. The molecule has 2 aromatic carbocycles. The predicted molar refractivity (Wildman–Crippen MR) is 98.0 cm³/mol. The zero-order chi connectivity index (χ0) is 15.6. The highest BCUT2D eigenvalue weighted by Crippen LogP contribution is 2.32. The fourth-order valence-corrected chi connectivity index (χ4v) is 3.77. The van der Waals surface area contributed by atoms with E-state index in [-0.39, 0.29) is 0 Å². The van der Waals surface area contributed by atoms with Crippen LogP contribution in [0, 0.1) is 6.92 Å². The molecule has 2 aromatic rings. The smallest absolute Gasteiger partial charge is 0.0402 e. The molecule has 0 bridgehead atoms. The minimum absolute atomic E-state index is 0.733. The molecule has 2 aliphatic rings. The first kappa shape index (κ1) is 14.8. The molecule has 4 rings (SSSR count). The van der Waals surface area contributed by atoms with Gasteiger partial charge in [-0.25, -0.2) is 0 Å². The fourth-order valence-electron chi connectivity index (χ4n) is 3.77. The molecule has 0 spiro atoms. The van der Waals surface area contributed by atoms with Crippen LogP contribution in [0.4, 0.5) is 5.69 Å². The number of hydrogen-bond donors (Lipinski definition) is 1. The van der Waals surface area contributed by atoms with Crippen LogP contribution in [0.2, 0.25) is 0 Å². The number of benzene rings is 2. The van der Waals surface area contributed by atoms with E-state index in [1.807, 2.05) is 0 Å². The van der Waals surface area contributed by atoms with Gasteiger partial charge in [0.15, 0.2) is 0 Å². The molecule has 0 unspecified atom stereocenters. The summed E-state index contributed by atoms with van der Waals surface area (Å²) < 4.78 is 0. The summed E-state index contributed by atoms with van der Waals surface area (Å²) in [6, 6.07) is 19.0. The Bertz CT molecular complexity index is 653. The van der Waals surface area contributed by atoms with Crippen LogP contribution in [0.5, 0.6) is 0 Å². The molecular formula is C21H26N2. The van der Waals surface area contributed by atoms with Crippen LogP contribution in [0.1, 0.15) is 31.2 Å². The Morgan fingerprint density at radius 1 is 0.826 bits per heavy atom. The van der Waals surface area contributed by atoms with E-state index < -0.39 is 0 Å². The van der Waals surface area contributed by atoms with Crippen molar-refractivity contribution >= 4 is 5.69 Å². The quantitative estimate of drug-likeness (QED) is 0.901. The van der Waals surface area contributed by atoms with Gasteiger partial charge >= 0.3 is 0 Å². The Hall–Kier alpha value is -1.80. The Labute approximate surface area is 139 Å². The molecular weight excluding hydrogens is 280 g/mol. The summed E-state index contributed by atoms with van der Waals surface area (Å²) in [5.41, 5.74) is 5.50. The lowest BCUT2D eigenvalue weighted by molar-refractivity contribution is 0.412. The first-order chi connectivity index (χ1) is 11.3. The van der Waals surface area contributed by atoms with Gasteiger partial charge in [0, 0.05) is 30.9 Å². The van der Waals surface area contributed by atoms with Crippen molar-refractivity contribution in [3.05, 3.63) is 54.1 Å². The zero-order valence-corrected chi connectivity index (χ0v) is 14.0. The van der Waals surface area contributed by atoms with Crippen molar-refractivity contribution in [1.29, 1.82) is 0 Å². The van der Waals surface area contributed by atoms with Gasteiger partial charge in [-0.1, -0.05) is 42.5 Å². The minimum atomic E-state index is 0.733. The second kappa shape index (κ2) is 6.37. The summed E-state index contributed by atoms with van der Waals surface area (Å²) in [6.45, 7) is 4.61. The summed E-state index contributed by atoms with van der Waals surface area (Å²) >= 11 is 0. The Morgan fingerprint density at radius 2 is 1.52 bits per heavy atom. The summed E-state index contributed by atoms with van der Waals surface area (Å²) in [6.07, 6.45) is 5.31. The summed E-state index contributed by atoms with van der Waals surface area (Å²) in [5.74, 6) is 0. The molecule has 2 heteroatoms. The van der Waals surface area contributed by atoms with Crippen molar-refractivity contribution in [3.63, 3.8) is 0 Å². The fraction of sp³-hybridized carbons (Fsp3) is 0.429. The lowest BCUT2D eigenvalue weighted by Crippen LogP contribution is -2.43. The molecule has 1 heterocycles. The highest BCUT2D eigenvalue weighted by Gasteiger charge is 2.27. The molecule has 1 aliphatic heterocycles. The Balaban J connectivity index is 1.51. The maximum atomic E-state index is 3.79. The second-order valence-corrected chi connectivity index (χ2v) is 7.02. The SMILES string of the molecule is Cc1c(-c2ccccc2)cccc1N1CCC(NC2CC2)CC1. The van der Waals surface area contributed by atoms with Gasteiger partial charge in [-0.3, -0.25) is 0 Å². The number of rotatable bonds is 4. The van der Waals surface area contributed by atoms with Crippen LogP contribution in [0.15, 0.2) is 48.5 Å². The van der Waals surface area contributed by atoms with Crippen molar-refractivity contribution in [2.75, 3.05) is 18.0 Å². The maximum absolute atomic E-state index is 3.79. The van der Waals surface area contributed by atoms with Crippen LogP contribution in [-0.2, 0) is 0 Å². The third kappa shape index (κ3) is 3.28. The Kier molecular flexibility index (Phi) is 4.09. The van der Waals surface area contributed by atoms with Gasteiger partial charge < -0.3 is 10.2 Å². The van der Waals surface area contributed by atoms with Gasteiger partial charge in [-0.05, 0) is 55.4 Å². The molecule has 0 aromatic heterocycles. The summed E-state index contributed by atoms with van der Waals surface area (Å²) in [4.78, 5) is 2.58. The van der Waals surface area contributed by atoms with Crippen molar-refractivity contribution < 1.29 is 0 Å². The van der Waals surface area contributed by atoms with E-state index in [2.05, 4.69) is 65.7 Å². The maximum Gasteiger partial charge on any atom is 0.0402 e. The van der Waals surface area contributed by atoms with Crippen molar-refractivity contribution in [2.45, 2.75) is 44.7 Å². The van der Waals surface area contributed by atoms with Crippen LogP contribution >= 0.6 is 0 Å². The number of anilines is 1. The van der Waals surface area contributed by atoms with Crippen LogP contribution in [0.3, 0.4) is 0 Å².